The van der Waals surface area contributed by atoms with Gasteiger partial charge in [-0.2, -0.15) is 0 Å². The molecule has 1 saturated heterocycles. The Morgan fingerprint density at radius 2 is 1.91 bits per heavy atom. The Kier molecular flexibility index (Phi) is 2.83. The fourth-order valence-electron chi connectivity index (χ4n) is 1.21. The van der Waals surface area contributed by atoms with E-state index in [2.05, 4.69) is 10.4 Å². The van der Waals surface area contributed by atoms with Gasteiger partial charge < -0.3 is 10.1 Å². The topological polar surface area (TPSA) is 74.9 Å². The monoisotopic (exact) mass is 155 g/mol. The van der Waals surface area contributed by atoms with Crippen molar-refractivity contribution in [3.63, 3.8) is 0 Å². The van der Waals surface area contributed by atoms with E-state index in [0.717, 1.165) is 25.9 Å². The van der Waals surface area contributed by atoms with Crippen molar-refractivity contribution in [2.24, 2.45) is 10.4 Å². The Morgan fingerprint density at radius 3 is 2.45 bits per heavy atom. The van der Waals surface area contributed by atoms with Crippen molar-refractivity contribution in [3.05, 3.63) is 5.21 Å². The Hall–Kier alpha value is -1.13. The van der Waals surface area contributed by atoms with Crippen molar-refractivity contribution in [1.82, 2.24) is 4.90 Å². The summed E-state index contributed by atoms with van der Waals surface area (Å²) in [5.74, 6) is -0.000278. The Labute approximate surface area is 65.2 Å². The zero-order valence-electron chi connectivity index (χ0n) is 6.29. The molecule has 0 aliphatic carbocycles. The van der Waals surface area contributed by atoms with Crippen molar-refractivity contribution in [3.8, 4) is 0 Å². The number of nitrogens with zero attached hydrogens (tertiary/aromatic N) is 3. The van der Waals surface area contributed by atoms with Crippen LogP contribution in [0.5, 0.6) is 0 Å². The van der Waals surface area contributed by atoms with Crippen LogP contribution in [0.25, 0.3) is 0 Å². The lowest BCUT2D eigenvalue weighted by atomic mass is 10.1. The zero-order chi connectivity index (χ0) is 8.10. The summed E-state index contributed by atoms with van der Waals surface area (Å²) in [5, 5.41) is 22.4. The minimum Gasteiger partial charge on any atom is -0.775 e. The number of nitrogens with one attached hydrogen (secondary N) is 1. The highest BCUT2D eigenvalue weighted by Gasteiger charge is 2.11. The molecule has 0 unspecified atom stereocenters. The summed E-state index contributed by atoms with van der Waals surface area (Å²) in [5.41, 5.74) is 0. The summed E-state index contributed by atoms with van der Waals surface area (Å²) in [6, 6.07) is 0. The molecule has 0 aromatic rings. The second kappa shape index (κ2) is 3.90. The third kappa shape index (κ3) is 2.18. The highest BCUT2D eigenvalue weighted by molar-refractivity contribution is 5.77. The minimum atomic E-state index is -0.000278. The first-order valence-corrected chi connectivity index (χ1v) is 3.71. The molecule has 1 rings (SSSR count). The Bertz CT molecular complexity index is 162. The summed E-state index contributed by atoms with van der Waals surface area (Å²) in [7, 11) is 0. The third-order valence-corrected chi connectivity index (χ3v) is 1.79. The van der Waals surface area contributed by atoms with E-state index >= 15 is 0 Å². The van der Waals surface area contributed by atoms with Crippen LogP contribution in [0.2, 0.25) is 0 Å². The molecule has 0 spiro atoms. The molecule has 5 nitrogen and oxygen atoms in total. The zero-order valence-corrected chi connectivity index (χ0v) is 6.29. The van der Waals surface area contributed by atoms with Crippen molar-refractivity contribution in [1.29, 1.82) is 5.41 Å². The maximum Gasteiger partial charge on any atom is 0.237 e. The van der Waals surface area contributed by atoms with Gasteiger partial charge in [-0.15, -0.1) is 5.11 Å². The molecular weight excluding hydrogens is 144 g/mol. The van der Waals surface area contributed by atoms with Gasteiger partial charge in [0.1, 0.15) is 0 Å². The average molecular weight is 155 g/mol. The van der Waals surface area contributed by atoms with Crippen LogP contribution < -0.4 is 0 Å². The summed E-state index contributed by atoms with van der Waals surface area (Å²) in [4.78, 5) is 1.77. The number of guanidine groups is 1. The van der Waals surface area contributed by atoms with Gasteiger partial charge in [-0.25, -0.2) is 5.28 Å². The molecule has 5 heteroatoms. The van der Waals surface area contributed by atoms with Crippen LogP contribution in [0.4, 0.5) is 0 Å². The quantitative estimate of drug-likeness (QED) is 0.248. The number of likely N-dealkylation sites (tertiary alicyclic amines) is 1. The van der Waals surface area contributed by atoms with Gasteiger partial charge >= 0.3 is 0 Å². The van der Waals surface area contributed by atoms with Gasteiger partial charge in [0, 0.05) is 13.1 Å². The fraction of sp³-hybridized carbons (Fsp3) is 0.833. The largest absolute Gasteiger partial charge is 0.775 e. The molecule has 1 fully saturated rings. The van der Waals surface area contributed by atoms with Gasteiger partial charge in [-0.3, -0.25) is 5.41 Å². The molecule has 0 aromatic heterocycles. The Balaban J connectivity index is 2.38. The SMILES string of the molecule is N=C(/N=N/[O-])N1CCCCC1. The summed E-state index contributed by atoms with van der Waals surface area (Å²) in [6.07, 6.45) is 3.37. The normalized spacial score (nSPS) is 19.1. The lowest BCUT2D eigenvalue weighted by molar-refractivity contribution is 0.336. The highest BCUT2D eigenvalue weighted by Crippen LogP contribution is 2.08. The molecule has 0 saturated carbocycles. The molecule has 0 atom stereocenters. The maximum absolute atomic E-state index is 9.67. The van der Waals surface area contributed by atoms with Crippen LogP contribution in [-0.2, 0) is 0 Å². The van der Waals surface area contributed by atoms with Gasteiger partial charge in [0.25, 0.3) is 0 Å². The van der Waals surface area contributed by atoms with Gasteiger partial charge in [-0.1, -0.05) is 0 Å². The number of hydrogen-bond acceptors (Lipinski definition) is 3. The van der Waals surface area contributed by atoms with E-state index < -0.39 is 0 Å². The van der Waals surface area contributed by atoms with Crippen LogP contribution in [0.1, 0.15) is 19.3 Å². The Morgan fingerprint density at radius 1 is 1.27 bits per heavy atom. The van der Waals surface area contributed by atoms with E-state index in [1.54, 1.807) is 4.90 Å². The molecule has 0 aromatic carbocycles. The van der Waals surface area contributed by atoms with E-state index in [1.165, 1.54) is 6.42 Å². The van der Waals surface area contributed by atoms with E-state index in [9.17, 15) is 5.21 Å². The van der Waals surface area contributed by atoms with Crippen LogP contribution >= 0.6 is 0 Å². The molecule has 1 aliphatic heterocycles. The molecule has 0 amide bonds. The molecule has 1 N–H and O–H groups in total. The molecule has 62 valence electrons. The van der Waals surface area contributed by atoms with Crippen LogP contribution in [0.3, 0.4) is 0 Å². The summed E-state index contributed by atoms with van der Waals surface area (Å²) in [6.45, 7) is 1.66. The standard InChI is InChI=1S/C6H12N4O/c7-6(8-9-11)10-4-2-1-3-5-10/h1-5H2,(H2,7,8,11)/p-1. The molecule has 0 bridgehead atoms. The van der Waals surface area contributed by atoms with Crippen LogP contribution in [0.15, 0.2) is 10.4 Å². The molecule has 11 heavy (non-hydrogen) atoms. The lowest BCUT2D eigenvalue weighted by Gasteiger charge is -2.25. The summed E-state index contributed by atoms with van der Waals surface area (Å²) >= 11 is 0. The second-order valence-electron chi connectivity index (χ2n) is 2.55. The molecular formula is C6H11N4O-. The maximum atomic E-state index is 9.67. The molecule has 1 heterocycles. The predicted octanol–water partition coefficient (Wildman–Crippen LogP) is 1.36. The average Bonchev–Trinajstić information content (AvgIpc) is 2.07. The summed E-state index contributed by atoms with van der Waals surface area (Å²) < 4.78 is 0. The van der Waals surface area contributed by atoms with Crippen molar-refractivity contribution in [2.75, 3.05) is 13.1 Å². The van der Waals surface area contributed by atoms with Crippen LogP contribution in [0, 0.1) is 10.6 Å². The van der Waals surface area contributed by atoms with Crippen molar-refractivity contribution in [2.45, 2.75) is 19.3 Å². The third-order valence-electron chi connectivity index (χ3n) is 1.79. The van der Waals surface area contributed by atoms with E-state index in [4.69, 9.17) is 5.41 Å². The highest BCUT2D eigenvalue weighted by atomic mass is 16.5. The predicted molar refractivity (Wildman–Crippen MR) is 41.4 cm³/mol. The fourth-order valence-corrected chi connectivity index (χ4v) is 1.21. The van der Waals surface area contributed by atoms with Gasteiger partial charge in [0.15, 0.2) is 0 Å². The molecule has 0 radical (unpaired) electrons. The van der Waals surface area contributed by atoms with Gasteiger partial charge in [0.05, 0.1) is 0 Å². The van der Waals surface area contributed by atoms with Gasteiger partial charge in [-0.05, 0) is 19.3 Å². The lowest BCUT2D eigenvalue weighted by Crippen LogP contribution is -2.33. The first-order valence-electron chi connectivity index (χ1n) is 3.71. The smallest absolute Gasteiger partial charge is 0.237 e. The first kappa shape index (κ1) is 7.97. The van der Waals surface area contributed by atoms with E-state index in [0.29, 0.717) is 0 Å². The second-order valence-corrected chi connectivity index (χ2v) is 2.55. The van der Waals surface area contributed by atoms with E-state index in [1.807, 2.05) is 0 Å². The van der Waals surface area contributed by atoms with E-state index in [-0.39, 0.29) is 5.96 Å². The first-order chi connectivity index (χ1) is 5.34. The minimum absolute atomic E-state index is 0.000278. The number of hydrogen-bond donors (Lipinski definition) is 1. The number of piperidine rings is 1. The van der Waals surface area contributed by atoms with Gasteiger partial charge in [0.2, 0.25) is 5.96 Å². The van der Waals surface area contributed by atoms with Crippen molar-refractivity contribution >= 4 is 5.96 Å². The molecule has 1 aliphatic rings. The number of rotatable bonds is 0. The van der Waals surface area contributed by atoms with Crippen LogP contribution in [-0.4, -0.2) is 23.9 Å². The van der Waals surface area contributed by atoms with Crippen molar-refractivity contribution < 1.29 is 0 Å².